The van der Waals surface area contributed by atoms with Crippen molar-refractivity contribution in [3.05, 3.63) is 47.5 Å². The van der Waals surface area contributed by atoms with Crippen LogP contribution in [0.1, 0.15) is 37.4 Å². The zero-order valence-corrected chi connectivity index (χ0v) is 17.2. The van der Waals surface area contributed by atoms with Crippen molar-refractivity contribution >= 4 is 11.6 Å². The van der Waals surface area contributed by atoms with Crippen molar-refractivity contribution in [2.45, 2.75) is 51.8 Å². The second kappa shape index (κ2) is 8.24. The molecule has 29 heavy (non-hydrogen) atoms. The number of aryl methyl sites for hydroxylation is 2. The second-order valence-electron chi connectivity index (χ2n) is 8.15. The van der Waals surface area contributed by atoms with Crippen molar-refractivity contribution in [1.29, 1.82) is 0 Å². The fraction of sp³-hybridized carbons (Fsp3) is 0.545. The maximum Gasteiger partial charge on any atom is 0.253 e. The molecular formula is C22H29FN4O2. The predicted octanol–water partition coefficient (Wildman–Crippen LogP) is 3.14. The van der Waals surface area contributed by atoms with Crippen molar-refractivity contribution in [2.75, 3.05) is 31.1 Å². The van der Waals surface area contributed by atoms with E-state index in [2.05, 4.69) is 30.0 Å². The van der Waals surface area contributed by atoms with Gasteiger partial charge in [-0.05, 0) is 63.9 Å². The number of nitrogens with zero attached hydrogens (tertiary/aromatic N) is 4. The molecule has 1 spiro atoms. The van der Waals surface area contributed by atoms with Gasteiger partial charge in [-0.1, -0.05) is 0 Å². The molecule has 1 unspecified atom stereocenters. The van der Waals surface area contributed by atoms with Gasteiger partial charge >= 0.3 is 0 Å². The van der Waals surface area contributed by atoms with Crippen LogP contribution in [0, 0.1) is 12.7 Å². The van der Waals surface area contributed by atoms with Gasteiger partial charge in [0, 0.05) is 37.1 Å². The van der Waals surface area contributed by atoms with Crippen LogP contribution >= 0.6 is 0 Å². The van der Waals surface area contributed by atoms with E-state index in [-0.39, 0.29) is 23.9 Å². The summed E-state index contributed by atoms with van der Waals surface area (Å²) in [6, 6.07) is 6.14. The Balaban J connectivity index is 1.44. The van der Waals surface area contributed by atoms with E-state index in [1.807, 2.05) is 4.68 Å². The standard InChI is InChI=1S/C22H29FN4O2/c1-3-26-14-18(17(2)24-26)13-25-11-4-9-22(10-12-25)16-27(21(28)15-29-22)20-7-5-19(23)6-8-20/h5-8,14H,3-4,9-13,15-16H2,1-2H3. The van der Waals surface area contributed by atoms with Crippen LogP contribution in [0.3, 0.4) is 0 Å². The van der Waals surface area contributed by atoms with Crippen LogP contribution in [-0.4, -0.2) is 52.4 Å². The zero-order chi connectivity index (χ0) is 20.4. The van der Waals surface area contributed by atoms with E-state index in [0.717, 1.165) is 56.8 Å². The molecule has 2 aromatic rings. The second-order valence-corrected chi connectivity index (χ2v) is 8.15. The van der Waals surface area contributed by atoms with Gasteiger partial charge in [0.25, 0.3) is 5.91 Å². The van der Waals surface area contributed by atoms with Crippen molar-refractivity contribution in [1.82, 2.24) is 14.7 Å². The summed E-state index contributed by atoms with van der Waals surface area (Å²) in [5.74, 6) is -0.359. The molecule has 0 saturated carbocycles. The maximum atomic E-state index is 13.3. The van der Waals surface area contributed by atoms with Crippen molar-refractivity contribution in [3.8, 4) is 0 Å². The zero-order valence-electron chi connectivity index (χ0n) is 17.2. The molecule has 2 saturated heterocycles. The van der Waals surface area contributed by atoms with Crippen LogP contribution < -0.4 is 4.90 Å². The lowest BCUT2D eigenvalue weighted by Gasteiger charge is -2.42. The highest BCUT2D eigenvalue weighted by Crippen LogP contribution is 2.33. The first-order valence-electron chi connectivity index (χ1n) is 10.4. The number of likely N-dealkylation sites (tertiary alicyclic amines) is 1. The number of rotatable bonds is 4. The van der Waals surface area contributed by atoms with E-state index in [1.165, 1.54) is 17.7 Å². The lowest BCUT2D eigenvalue weighted by Crippen LogP contribution is -2.55. The third kappa shape index (κ3) is 4.36. The number of carbonyl (C=O) groups is 1. The van der Waals surface area contributed by atoms with Crippen LogP contribution in [0.4, 0.5) is 10.1 Å². The Bertz CT molecular complexity index is 866. The van der Waals surface area contributed by atoms with Crippen molar-refractivity contribution < 1.29 is 13.9 Å². The Morgan fingerprint density at radius 2 is 2.00 bits per heavy atom. The number of hydrogen-bond acceptors (Lipinski definition) is 4. The van der Waals surface area contributed by atoms with Gasteiger partial charge in [0.05, 0.1) is 17.8 Å². The van der Waals surface area contributed by atoms with Crippen LogP contribution in [0.25, 0.3) is 0 Å². The molecule has 0 N–H and O–H groups in total. The quantitative estimate of drug-likeness (QED) is 0.791. The smallest absolute Gasteiger partial charge is 0.253 e. The van der Waals surface area contributed by atoms with Crippen LogP contribution in [0.15, 0.2) is 30.5 Å². The number of aromatic nitrogens is 2. The number of carbonyl (C=O) groups excluding carboxylic acids is 1. The Kier molecular flexibility index (Phi) is 5.69. The van der Waals surface area contributed by atoms with E-state index >= 15 is 0 Å². The van der Waals surface area contributed by atoms with Crippen molar-refractivity contribution in [2.24, 2.45) is 0 Å². The van der Waals surface area contributed by atoms with Gasteiger partial charge < -0.3 is 9.64 Å². The highest BCUT2D eigenvalue weighted by atomic mass is 19.1. The molecule has 2 aliphatic rings. The van der Waals surface area contributed by atoms with Crippen LogP contribution in [-0.2, 0) is 22.6 Å². The van der Waals surface area contributed by atoms with E-state index in [9.17, 15) is 9.18 Å². The molecule has 1 aromatic heterocycles. The predicted molar refractivity (Wildman–Crippen MR) is 109 cm³/mol. The Morgan fingerprint density at radius 3 is 2.72 bits per heavy atom. The summed E-state index contributed by atoms with van der Waals surface area (Å²) in [6.07, 6.45) is 4.95. The highest BCUT2D eigenvalue weighted by Gasteiger charge is 2.41. The Morgan fingerprint density at radius 1 is 1.21 bits per heavy atom. The molecule has 0 bridgehead atoms. The molecule has 0 radical (unpaired) electrons. The Labute approximate surface area is 171 Å². The molecule has 4 rings (SSSR count). The van der Waals surface area contributed by atoms with E-state index in [1.54, 1.807) is 17.0 Å². The molecule has 1 aromatic carbocycles. The number of anilines is 1. The van der Waals surface area contributed by atoms with Crippen molar-refractivity contribution in [3.63, 3.8) is 0 Å². The minimum absolute atomic E-state index is 0.0639. The average Bonchev–Trinajstić information content (AvgIpc) is 2.96. The normalized spacial score (nSPS) is 23.6. The molecule has 156 valence electrons. The SMILES string of the molecule is CCn1cc(CN2CCCC3(CC2)CN(c2ccc(F)cc2)C(=O)CO3)c(C)n1. The molecule has 2 aliphatic heterocycles. The lowest BCUT2D eigenvalue weighted by atomic mass is 9.92. The van der Waals surface area contributed by atoms with Gasteiger partial charge in [-0.2, -0.15) is 5.10 Å². The minimum atomic E-state index is -0.334. The largest absolute Gasteiger partial charge is 0.363 e. The summed E-state index contributed by atoms with van der Waals surface area (Å²) in [5, 5.41) is 4.55. The topological polar surface area (TPSA) is 50.6 Å². The summed E-state index contributed by atoms with van der Waals surface area (Å²) >= 11 is 0. The maximum absolute atomic E-state index is 13.3. The number of ether oxygens (including phenoxy) is 1. The monoisotopic (exact) mass is 400 g/mol. The number of amides is 1. The van der Waals surface area contributed by atoms with Gasteiger partial charge in [-0.3, -0.25) is 14.4 Å². The Hall–Kier alpha value is -2.25. The summed E-state index contributed by atoms with van der Waals surface area (Å²) in [6.45, 7) is 8.47. The number of halogens is 1. The molecule has 2 fully saturated rings. The third-order valence-corrected chi connectivity index (χ3v) is 6.14. The molecular weight excluding hydrogens is 371 g/mol. The van der Waals surface area contributed by atoms with Gasteiger partial charge in [-0.25, -0.2) is 4.39 Å². The van der Waals surface area contributed by atoms with E-state index in [0.29, 0.717) is 6.54 Å². The first-order valence-corrected chi connectivity index (χ1v) is 10.4. The number of benzene rings is 1. The van der Waals surface area contributed by atoms with Crippen LogP contribution in [0.2, 0.25) is 0 Å². The van der Waals surface area contributed by atoms with Gasteiger partial charge in [0.2, 0.25) is 0 Å². The third-order valence-electron chi connectivity index (χ3n) is 6.14. The first kappa shape index (κ1) is 20.0. The molecule has 1 atom stereocenters. The fourth-order valence-electron chi connectivity index (χ4n) is 4.37. The van der Waals surface area contributed by atoms with E-state index < -0.39 is 0 Å². The summed E-state index contributed by atoms with van der Waals surface area (Å²) < 4.78 is 21.4. The molecule has 7 heteroatoms. The summed E-state index contributed by atoms with van der Waals surface area (Å²) in [5.41, 5.74) is 2.77. The number of morpholine rings is 1. The average molecular weight is 400 g/mol. The van der Waals surface area contributed by atoms with Gasteiger partial charge in [0.15, 0.2) is 0 Å². The van der Waals surface area contributed by atoms with Gasteiger partial charge in [0.1, 0.15) is 12.4 Å². The highest BCUT2D eigenvalue weighted by molar-refractivity contribution is 5.95. The van der Waals surface area contributed by atoms with Crippen LogP contribution in [0.5, 0.6) is 0 Å². The fourth-order valence-corrected chi connectivity index (χ4v) is 4.37. The molecule has 3 heterocycles. The molecule has 0 aliphatic carbocycles. The van der Waals surface area contributed by atoms with E-state index in [4.69, 9.17) is 4.74 Å². The first-order chi connectivity index (χ1) is 14.0. The summed E-state index contributed by atoms with van der Waals surface area (Å²) in [4.78, 5) is 16.7. The minimum Gasteiger partial charge on any atom is -0.363 e. The molecule has 6 nitrogen and oxygen atoms in total. The lowest BCUT2D eigenvalue weighted by molar-refractivity contribution is -0.140. The van der Waals surface area contributed by atoms with Gasteiger partial charge in [-0.15, -0.1) is 0 Å². The summed E-state index contributed by atoms with van der Waals surface area (Å²) in [7, 11) is 0. The number of hydrogen-bond donors (Lipinski definition) is 0. The molecule has 1 amide bonds.